The van der Waals surface area contributed by atoms with Crippen LogP contribution >= 0.6 is 0 Å². The van der Waals surface area contributed by atoms with Gasteiger partial charge in [-0.1, -0.05) is 25.5 Å². The number of aryl methyl sites for hydroxylation is 1. The SMILES string of the molecule is CCCc1ccc(NC(=O)C(F)(F)C(F)(F)F)cc1. The maximum Gasteiger partial charge on any atom is 0.463 e. The van der Waals surface area contributed by atoms with E-state index >= 15 is 0 Å². The summed E-state index contributed by atoms with van der Waals surface area (Å²) in [5, 5.41) is 1.55. The lowest BCUT2D eigenvalue weighted by atomic mass is 10.1. The number of benzene rings is 1. The van der Waals surface area contributed by atoms with Crippen molar-refractivity contribution >= 4 is 11.6 Å². The summed E-state index contributed by atoms with van der Waals surface area (Å²) < 4.78 is 61.2. The second kappa shape index (κ2) is 5.54. The van der Waals surface area contributed by atoms with E-state index < -0.39 is 18.0 Å². The largest absolute Gasteiger partial charge is 0.463 e. The van der Waals surface area contributed by atoms with Crippen molar-refractivity contribution in [2.45, 2.75) is 31.9 Å². The van der Waals surface area contributed by atoms with Crippen molar-refractivity contribution in [1.82, 2.24) is 0 Å². The number of carbonyl (C=O) groups excluding carboxylic acids is 1. The predicted octanol–water partition coefficient (Wildman–Crippen LogP) is 3.78. The van der Waals surface area contributed by atoms with Crippen LogP contribution in [0.15, 0.2) is 24.3 Å². The fourth-order valence-corrected chi connectivity index (χ4v) is 1.38. The summed E-state index contributed by atoms with van der Waals surface area (Å²) in [6.07, 6.45) is -4.27. The number of alkyl halides is 5. The van der Waals surface area contributed by atoms with Crippen molar-refractivity contribution in [2.75, 3.05) is 5.32 Å². The Morgan fingerprint density at radius 2 is 1.63 bits per heavy atom. The molecule has 0 aliphatic rings. The molecule has 0 aliphatic carbocycles. The average molecular weight is 281 g/mol. The Morgan fingerprint density at radius 1 is 1.11 bits per heavy atom. The van der Waals surface area contributed by atoms with E-state index in [1.807, 2.05) is 6.92 Å². The number of hydrogen-bond donors (Lipinski definition) is 1. The van der Waals surface area contributed by atoms with E-state index in [1.54, 1.807) is 17.4 Å². The van der Waals surface area contributed by atoms with Gasteiger partial charge >= 0.3 is 18.0 Å². The molecule has 0 unspecified atom stereocenters. The summed E-state index contributed by atoms with van der Waals surface area (Å²) in [5.74, 6) is -7.79. The highest BCUT2D eigenvalue weighted by Crippen LogP contribution is 2.36. The Labute approximate surface area is 106 Å². The fourth-order valence-electron chi connectivity index (χ4n) is 1.38. The van der Waals surface area contributed by atoms with Gasteiger partial charge in [0.2, 0.25) is 0 Å². The number of halogens is 5. The first kappa shape index (κ1) is 15.4. The second-order valence-electron chi connectivity index (χ2n) is 3.97. The topological polar surface area (TPSA) is 29.1 Å². The van der Waals surface area contributed by atoms with Gasteiger partial charge < -0.3 is 5.32 Å². The Kier molecular flexibility index (Phi) is 4.49. The van der Waals surface area contributed by atoms with Crippen molar-refractivity contribution < 1.29 is 26.7 Å². The molecule has 1 aromatic carbocycles. The number of rotatable bonds is 4. The zero-order valence-electron chi connectivity index (χ0n) is 10.0. The maximum absolute atomic E-state index is 12.7. The van der Waals surface area contributed by atoms with Gasteiger partial charge in [-0.05, 0) is 24.1 Å². The summed E-state index contributed by atoms with van der Waals surface area (Å²) >= 11 is 0. The van der Waals surface area contributed by atoms with E-state index in [0.717, 1.165) is 18.4 Å². The molecule has 0 radical (unpaired) electrons. The van der Waals surface area contributed by atoms with E-state index in [9.17, 15) is 26.7 Å². The van der Waals surface area contributed by atoms with Crippen LogP contribution in [0.4, 0.5) is 27.6 Å². The molecular formula is C12H12F5NO. The zero-order valence-corrected chi connectivity index (χ0v) is 10.0. The molecule has 0 atom stereocenters. The zero-order chi connectivity index (χ0) is 14.7. The van der Waals surface area contributed by atoms with Crippen LogP contribution in [0.2, 0.25) is 0 Å². The molecule has 0 fully saturated rings. The Bertz CT molecular complexity index is 438. The van der Waals surface area contributed by atoms with Crippen LogP contribution < -0.4 is 5.32 Å². The standard InChI is InChI=1S/C12H12F5NO/c1-2-3-8-4-6-9(7-5-8)18-10(19)11(13,14)12(15,16)17/h4-7H,2-3H2,1H3,(H,18,19). The minimum absolute atomic E-state index is 0.103. The first-order valence-corrected chi connectivity index (χ1v) is 5.53. The summed E-state index contributed by atoms with van der Waals surface area (Å²) in [7, 11) is 0. The van der Waals surface area contributed by atoms with Crippen LogP contribution in [-0.2, 0) is 11.2 Å². The van der Waals surface area contributed by atoms with Crippen molar-refractivity contribution in [3.8, 4) is 0 Å². The van der Waals surface area contributed by atoms with E-state index in [0.29, 0.717) is 0 Å². The molecule has 0 saturated carbocycles. The minimum Gasteiger partial charge on any atom is -0.321 e. The summed E-state index contributed by atoms with van der Waals surface area (Å²) in [6.45, 7) is 1.94. The molecule has 0 aliphatic heterocycles. The van der Waals surface area contributed by atoms with Gasteiger partial charge in [-0.2, -0.15) is 22.0 Å². The first-order valence-electron chi connectivity index (χ1n) is 5.53. The number of hydrogen-bond acceptors (Lipinski definition) is 1. The van der Waals surface area contributed by atoms with Crippen LogP contribution in [0.5, 0.6) is 0 Å². The van der Waals surface area contributed by atoms with Gasteiger partial charge in [-0.3, -0.25) is 4.79 Å². The molecule has 0 bridgehead atoms. The van der Waals surface area contributed by atoms with E-state index in [2.05, 4.69) is 0 Å². The summed E-state index contributed by atoms with van der Waals surface area (Å²) in [6, 6.07) is 5.69. The minimum atomic E-state index is -5.90. The number of amides is 1. The molecule has 0 saturated heterocycles. The Balaban J connectivity index is 2.77. The van der Waals surface area contributed by atoms with E-state index in [-0.39, 0.29) is 5.69 Å². The van der Waals surface area contributed by atoms with E-state index in [4.69, 9.17) is 0 Å². The van der Waals surface area contributed by atoms with Gasteiger partial charge in [0.25, 0.3) is 0 Å². The molecule has 1 N–H and O–H groups in total. The number of anilines is 1. The van der Waals surface area contributed by atoms with Crippen LogP contribution in [0.1, 0.15) is 18.9 Å². The summed E-state index contributed by atoms with van der Waals surface area (Å²) in [5.41, 5.74) is 0.803. The van der Waals surface area contributed by atoms with Crippen molar-refractivity contribution in [1.29, 1.82) is 0 Å². The van der Waals surface area contributed by atoms with Crippen LogP contribution in [-0.4, -0.2) is 18.0 Å². The fraction of sp³-hybridized carbons (Fsp3) is 0.417. The maximum atomic E-state index is 12.7. The third-order valence-corrected chi connectivity index (χ3v) is 2.39. The molecule has 1 amide bonds. The predicted molar refractivity (Wildman–Crippen MR) is 60.1 cm³/mol. The van der Waals surface area contributed by atoms with Crippen LogP contribution in [0, 0.1) is 0 Å². The van der Waals surface area contributed by atoms with E-state index in [1.165, 1.54) is 12.1 Å². The molecule has 0 aromatic heterocycles. The monoisotopic (exact) mass is 281 g/mol. The summed E-state index contributed by atoms with van der Waals surface area (Å²) in [4.78, 5) is 10.9. The normalized spacial score (nSPS) is 12.3. The quantitative estimate of drug-likeness (QED) is 0.836. The lowest BCUT2D eigenvalue weighted by Crippen LogP contribution is -2.47. The highest BCUT2D eigenvalue weighted by Gasteiger charge is 2.63. The Hall–Kier alpha value is -1.66. The molecule has 1 aromatic rings. The lowest BCUT2D eigenvalue weighted by molar-refractivity contribution is -0.267. The Morgan fingerprint density at radius 3 is 2.05 bits per heavy atom. The van der Waals surface area contributed by atoms with Crippen molar-refractivity contribution in [2.24, 2.45) is 0 Å². The van der Waals surface area contributed by atoms with Crippen LogP contribution in [0.25, 0.3) is 0 Å². The van der Waals surface area contributed by atoms with Crippen molar-refractivity contribution in [3.05, 3.63) is 29.8 Å². The van der Waals surface area contributed by atoms with Gasteiger partial charge in [0.1, 0.15) is 0 Å². The third-order valence-electron chi connectivity index (χ3n) is 2.39. The van der Waals surface area contributed by atoms with Gasteiger partial charge in [0, 0.05) is 5.69 Å². The number of carbonyl (C=O) groups is 1. The molecular weight excluding hydrogens is 269 g/mol. The van der Waals surface area contributed by atoms with Gasteiger partial charge in [-0.15, -0.1) is 0 Å². The third kappa shape index (κ3) is 3.65. The molecule has 2 nitrogen and oxygen atoms in total. The van der Waals surface area contributed by atoms with Gasteiger partial charge in [0.15, 0.2) is 0 Å². The average Bonchev–Trinajstić information content (AvgIpc) is 2.30. The van der Waals surface area contributed by atoms with Crippen LogP contribution in [0.3, 0.4) is 0 Å². The smallest absolute Gasteiger partial charge is 0.321 e. The van der Waals surface area contributed by atoms with Gasteiger partial charge in [0.05, 0.1) is 0 Å². The molecule has 19 heavy (non-hydrogen) atoms. The molecule has 1 rings (SSSR count). The first-order chi connectivity index (χ1) is 8.68. The highest BCUT2D eigenvalue weighted by atomic mass is 19.4. The molecule has 0 heterocycles. The number of nitrogens with one attached hydrogen (secondary N) is 1. The molecule has 0 spiro atoms. The molecule has 106 valence electrons. The second-order valence-corrected chi connectivity index (χ2v) is 3.97. The highest BCUT2D eigenvalue weighted by molar-refractivity contribution is 5.96. The molecule has 7 heteroatoms. The van der Waals surface area contributed by atoms with Crippen molar-refractivity contribution in [3.63, 3.8) is 0 Å². The lowest BCUT2D eigenvalue weighted by Gasteiger charge is -2.18. The van der Waals surface area contributed by atoms with Gasteiger partial charge in [-0.25, -0.2) is 0 Å².